The third-order valence-electron chi connectivity index (χ3n) is 4.50. The highest BCUT2D eigenvalue weighted by Gasteiger charge is 2.33. The van der Waals surface area contributed by atoms with Crippen molar-refractivity contribution in [1.82, 2.24) is 15.0 Å². The normalized spacial score (nSPS) is 21.0. The van der Waals surface area contributed by atoms with Gasteiger partial charge < -0.3 is 4.90 Å². The van der Waals surface area contributed by atoms with Crippen molar-refractivity contribution in [3.63, 3.8) is 0 Å². The number of benzene rings is 1. The summed E-state index contributed by atoms with van der Waals surface area (Å²) in [6.45, 7) is 3.11. The number of fused-ring (bicyclic) bond motifs is 1. The number of hydrogen-bond acceptors (Lipinski definition) is 4. The van der Waals surface area contributed by atoms with Crippen LogP contribution in [-0.2, 0) is 0 Å². The van der Waals surface area contributed by atoms with E-state index in [0.717, 1.165) is 29.9 Å². The van der Waals surface area contributed by atoms with Gasteiger partial charge in [-0.25, -0.2) is 14.4 Å². The molecular formula is C18H17FN4. The van der Waals surface area contributed by atoms with Gasteiger partial charge in [-0.2, -0.15) is 0 Å². The van der Waals surface area contributed by atoms with Gasteiger partial charge in [0.25, 0.3) is 0 Å². The average Bonchev–Trinajstić information content (AvgIpc) is 2.96. The first-order valence-electron chi connectivity index (χ1n) is 7.82. The van der Waals surface area contributed by atoms with Crippen LogP contribution in [0.3, 0.4) is 0 Å². The van der Waals surface area contributed by atoms with E-state index in [1.54, 1.807) is 24.5 Å². The number of aromatic nitrogens is 3. The van der Waals surface area contributed by atoms with Crippen LogP contribution >= 0.6 is 0 Å². The molecule has 2 unspecified atom stereocenters. The number of hydrogen-bond donors (Lipinski definition) is 0. The smallest absolute Gasteiger partial charge is 0.180 e. The molecule has 5 heteroatoms. The van der Waals surface area contributed by atoms with E-state index in [9.17, 15) is 4.39 Å². The fraction of sp³-hybridized carbons (Fsp3) is 0.278. The van der Waals surface area contributed by atoms with Crippen molar-refractivity contribution < 1.29 is 4.39 Å². The maximum absolute atomic E-state index is 13.6. The summed E-state index contributed by atoms with van der Waals surface area (Å²) < 4.78 is 13.6. The molecule has 0 bridgehead atoms. The molecule has 23 heavy (non-hydrogen) atoms. The summed E-state index contributed by atoms with van der Waals surface area (Å²) in [7, 11) is 0. The minimum absolute atomic E-state index is 0.132. The zero-order chi connectivity index (χ0) is 15.8. The number of halogens is 1. The lowest BCUT2D eigenvalue weighted by Gasteiger charge is -2.28. The van der Waals surface area contributed by atoms with Crippen molar-refractivity contribution >= 4 is 17.0 Å². The Morgan fingerprint density at radius 2 is 2.00 bits per heavy atom. The van der Waals surface area contributed by atoms with Gasteiger partial charge in [0.1, 0.15) is 17.2 Å². The lowest BCUT2D eigenvalue weighted by atomic mass is 9.95. The Labute approximate surface area is 134 Å². The van der Waals surface area contributed by atoms with Crippen LogP contribution in [0.25, 0.3) is 11.2 Å². The van der Waals surface area contributed by atoms with Gasteiger partial charge in [-0.05, 0) is 42.2 Å². The summed E-state index contributed by atoms with van der Waals surface area (Å²) >= 11 is 0. The van der Waals surface area contributed by atoms with E-state index in [1.165, 1.54) is 6.07 Å². The maximum Gasteiger partial charge on any atom is 0.180 e. The highest BCUT2D eigenvalue weighted by molar-refractivity contribution is 5.71. The van der Waals surface area contributed by atoms with Crippen LogP contribution in [0.2, 0.25) is 0 Å². The van der Waals surface area contributed by atoms with Gasteiger partial charge in [0, 0.05) is 18.9 Å². The molecule has 2 atom stereocenters. The summed E-state index contributed by atoms with van der Waals surface area (Å²) in [5, 5.41) is 0. The van der Waals surface area contributed by atoms with Crippen LogP contribution in [0.4, 0.5) is 10.2 Å². The Hall–Kier alpha value is -2.56. The fourth-order valence-electron chi connectivity index (χ4n) is 3.41. The largest absolute Gasteiger partial charge is 0.349 e. The van der Waals surface area contributed by atoms with E-state index in [-0.39, 0.29) is 11.9 Å². The minimum atomic E-state index is -0.195. The molecule has 0 N–H and O–H groups in total. The van der Waals surface area contributed by atoms with Crippen molar-refractivity contribution in [2.45, 2.75) is 19.4 Å². The lowest BCUT2D eigenvalue weighted by molar-refractivity contribution is 0.526. The standard InChI is InChI=1S/C18H17FN4/c1-12-7-10-23(17(12)13-3-2-4-14(19)11-13)16-6-5-15-18(22-16)21-9-8-20-15/h2-6,8-9,11-12,17H,7,10H2,1H3. The molecule has 0 spiro atoms. The van der Waals surface area contributed by atoms with E-state index in [4.69, 9.17) is 0 Å². The van der Waals surface area contributed by atoms with Crippen LogP contribution < -0.4 is 4.90 Å². The second-order valence-corrected chi connectivity index (χ2v) is 6.03. The van der Waals surface area contributed by atoms with Gasteiger partial charge in [0.15, 0.2) is 5.65 Å². The topological polar surface area (TPSA) is 41.9 Å². The first-order chi connectivity index (χ1) is 11.2. The third-order valence-corrected chi connectivity index (χ3v) is 4.50. The number of pyridine rings is 1. The van der Waals surface area contributed by atoms with E-state index < -0.39 is 0 Å². The summed E-state index contributed by atoms with van der Waals surface area (Å²) in [5.74, 6) is 1.12. The molecular weight excluding hydrogens is 291 g/mol. The molecule has 4 rings (SSSR count). The van der Waals surface area contributed by atoms with Gasteiger partial charge in [0.2, 0.25) is 0 Å². The highest BCUT2D eigenvalue weighted by Crippen LogP contribution is 2.39. The minimum Gasteiger partial charge on any atom is -0.349 e. The zero-order valence-corrected chi connectivity index (χ0v) is 12.9. The average molecular weight is 308 g/mol. The van der Waals surface area contributed by atoms with E-state index >= 15 is 0 Å². The maximum atomic E-state index is 13.6. The second kappa shape index (κ2) is 5.57. The van der Waals surface area contributed by atoms with Crippen molar-refractivity contribution in [3.8, 4) is 0 Å². The SMILES string of the molecule is CC1CCN(c2ccc3nccnc3n2)C1c1cccc(F)c1. The van der Waals surface area contributed by atoms with Gasteiger partial charge in [0.05, 0.1) is 6.04 Å². The molecule has 0 saturated carbocycles. The van der Waals surface area contributed by atoms with Crippen LogP contribution in [0.15, 0.2) is 48.8 Å². The Bertz CT molecular complexity index is 851. The Morgan fingerprint density at radius 3 is 2.87 bits per heavy atom. The van der Waals surface area contributed by atoms with E-state index in [2.05, 4.69) is 26.8 Å². The molecule has 3 heterocycles. The molecule has 116 valence electrons. The zero-order valence-electron chi connectivity index (χ0n) is 12.9. The predicted octanol–water partition coefficient (Wildman–Crippen LogP) is 3.75. The molecule has 0 radical (unpaired) electrons. The highest BCUT2D eigenvalue weighted by atomic mass is 19.1. The Morgan fingerprint density at radius 1 is 1.13 bits per heavy atom. The van der Waals surface area contributed by atoms with Crippen LogP contribution in [0, 0.1) is 11.7 Å². The Balaban J connectivity index is 1.76. The predicted molar refractivity (Wildman–Crippen MR) is 87.6 cm³/mol. The molecule has 0 aliphatic carbocycles. The molecule has 4 nitrogen and oxygen atoms in total. The molecule has 1 aliphatic rings. The summed E-state index contributed by atoms with van der Waals surface area (Å²) in [5.41, 5.74) is 2.42. The van der Waals surface area contributed by atoms with Crippen LogP contribution in [0.1, 0.15) is 24.9 Å². The number of anilines is 1. The first kappa shape index (κ1) is 14.1. The molecule has 1 saturated heterocycles. The van der Waals surface area contributed by atoms with E-state index in [1.807, 2.05) is 18.2 Å². The van der Waals surface area contributed by atoms with E-state index in [0.29, 0.717) is 11.6 Å². The summed E-state index contributed by atoms with van der Waals surface area (Å²) in [4.78, 5) is 15.4. The van der Waals surface area contributed by atoms with Gasteiger partial charge in [-0.3, -0.25) is 4.98 Å². The third kappa shape index (κ3) is 2.52. The van der Waals surface area contributed by atoms with Crippen molar-refractivity contribution in [3.05, 3.63) is 60.2 Å². The molecule has 1 aliphatic heterocycles. The molecule has 0 amide bonds. The number of nitrogens with zero attached hydrogens (tertiary/aromatic N) is 4. The summed E-state index contributed by atoms with van der Waals surface area (Å²) in [6, 6.07) is 10.9. The molecule has 3 aromatic rings. The molecule has 1 aromatic carbocycles. The monoisotopic (exact) mass is 308 g/mol. The van der Waals surface area contributed by atoms with Gasteiger partial charge >= 0.3 is 0 Å². The van der Waals surface area contributed by atoms with Gasteiger partial charge in [-0.1, -0.05) is 19.1 Å². The number of rotatable bonds is 2. The van der Waals surface area contributed by atoms with Crippen molar-refractivity contribution in [2.75, 3.05) is 11.4 Å². The quantitative estimate of drug-likeness (QED) is 0.723. The van der Waals surface area contributed by atoms with Crippen LogP contribution in [0.5, 0.6) is 0 Å². The fourth-order valence-corrected chi connectivity index (χ4v) is 3.41. The molecule has 2 aromatic heterocycles. The second-order valence-electron chi connectivity index (χ2n) is 6.03. The Kier molecular flexibility index (Phi) is 3.41. The first-order valence-corrected chi connectivity index (χ1v) is 7.82. The summed E-state index contributed by atoms with van der Waals surface area (Å²) in [6.07, 6.45) is 4.37. The van der Waals surface area contributed by atoms with Crippen molar-refractivity contribution in [1.29, 1.82) is 0 Å². The van der Waals surface area contributed by atoms with Crippen molar-refractivity contribution in [2.24, 2.45) is 5.92 Å². The molecule has 1 fully saturated rings. The lowest BCUT2D eigenvalue weighted by Crippen LogP contribution is -2.25. The van der Waals surface area contributed by atoms with Crippen LogP contribution in [-0.4, -0.2) is 21.5 Å². The van der Waals surface area contributed by atoms with Gasteiger partial charge in [-0.15, -0.1) is 0 Å².